The second-order valence-corrected chi connectivity index (χ2v) is 6.10. The van der Waals surface area contributed by atoms with Gasteiger partial charge in [-0.1, -0.05) is 24.3 Å². The molecule has 5 nitrogen and oxygen atoms in total. The van der Waals surface area contributed by atoms with Gasteiger partial charge in [-0.05, 0) is 24.3 Å². The molecular formula is C18H18N2O3S. The Bertz CT molecular complexity index is 705. The van der Waals surface area contributed by atoms with Crippen LogP contribution in [0, 0.1) is 0 Å². The van der Waals surface area contributed by atoms with Gasteiger partial charge in [-0.25, -0.2) is 0 Å². The van der Waals surface area contributed by atoms with Crippen LogP contribution in [-0.2, 0) is 0 Å². The lowest BCUT2D eigenvalue weighted by Crippen LogP contribution is -2.50. The maximum absolute atomic E-state index is 12.6. The van der Waals surface area contributed by atoms with Crippen molar-refractivity contribution in [2.24, 2.45) is 0 Å². The standard InChI is InChI=1S/C18H18N2O3S/c21-15-7-3-1-5-13(15)17(22)19-9-11-20(12-10-19)18(23)14-6-2-4-8-16(14)24/h1-8,21,24H,9-12H2. The Morgan fingerprint density at radius 3 is 1.79 bits per heavy atom. The summed E-state index contributed by atoms with van der Waals surface area (Å²) in [6.07, 6.45) is 0. The SMILES string of the molecule is O=C(c1ccccc1O)N1CCN(C(=O)c2ccccc2S)CC1. The van der Waals surface area contributed by atoms with E-state index in [2.05, 4.69) is 12.6 Å². The van der Waals surface area contributed by atoms with Gasteiger partial charge < -0.3 is 14.9 Å². The molecule has 124 valence electrons. The molecule has 0 unspecified atom stereocenters. The highest BCUT2D eigenvalue weighted by atomic mass is 32.1. The molecule has 2 amide bonds. The smallest absolute Gasteiger partial charge is 0.257 e. The third-order valence-corrected chi connectivity index (χ3v) is 4.51. The minimum absolute atomic E-state index is 0.0231. The van der Waals surface area contributed by atoms with Gasteiger partial charge >= 0.3 is 0 Å². The van der Waals surface area contributed by atoms with Crippen molar-refractivity contribution >= 4 is 24.4 Å². The van der Waals surface area contributed by atoms with Crippen LogP contribution < -0.4 is 0 Å². The van der Waals surface area contributed by atoms with E-state index in [-0.39, 0.29) is 23.1 Å². The summed E-state index contributed by atoms with van der Waals surface area (Å²) >= 11 is 4.33. The average molecular weight is 342 g/mol. The summed E-state index contributed by atoms with van der Waals surface area (Å²) in [7, 11) is 0. The fraction of sp³-hybridized carbons (Fsp3) is 0.222. The Labute approximate surface area is 145 Å². The minimum atomic E-state index is -0.213. The highest BCUT2D eigenvalue weighted by molar-refractivity contribution is 7.80. The van der Waals surface area contributed by atoms with Crippen LogP contribution in [0.1, 0.15) is 20.7 Å². The predicted octanol–water partition coefficient (Wildman–Crippen LogP) is 2.28. The maximum atomic E-state index is 12.6. The van der Waals surface area contributed by atoms with Crippen molar-refractivity contribution in [2.75, 3.05) is 26.2 Å². The molecule has 24 heavy (non-hydrogen) atoms. The first-order valence-electron chi connectivity index (χ1n) is 7.72. The number of hydrogen-bond acceptors (Lipinski definition) is 4. The van der Waals surface area contributed by atoms with Crippen molar-refractivity contribution in [2.45, 2.75) is 4.90 Å². The molecule has 0 radical (unpaired) electrons. The van der Waals surface area contributed by atoms with E-state index < -0.39 is 0 Å². The summed E-state index contributed by atoms with van der Waals surface area (Å²) in [5, 5.41) is 9.81. The molecule has 0 aliphatic carbocycles. The number of benzene rings is 2. The number of piperazine rings is 1. The number of amides is 2. The Morgan fingerprint density at radius 1 is 0.792 bits per heavy atom. The van der Waals surface area contributed by atoms with E-state index in [0.717, 1.165) is 0 Å². The number of hydrogen-bond donors (Lipinski definition) is 2. The van der Waals surface area contributed by atoms with Crippen molar-refractivity contribution in [1.82, 2.24) is 9.80 Å². The van der Waals surface area contributed by atoms with Gasteiger partial charge in [0.2, 0.25) is 0 Å². The molecule has 2 aromatic rings. The molecule has 0 atom stereocenters. The van der Waals surface area contributed by atoms with E-state index in [1.807, 2.05) is 12.1 Å². The first-order valence-corrected chi connectivity index (χ1v) is 8.17. The zero-order chi connectivity index (χ0) is 17.1. The normalized spacial score (nSPS) is 14.5. The van der Waals surface area contributed by atoms with E-state index in [4.69, 9.17) is 0 Å². The number of carbonyl (C=O) groups is 2. The number of carbonyl (C=O) groups excluding carboxylic acids is 2. The highest BCUT2D eigenvalue weighted by Crippen LogP contribution is 2.20. The van der Waals surface area contributed by atoms with Crippen LogP contribution in [0.15, 0.2) is 53.4 Å². The molecule has 1 aliphatic rings. The van der Waals surface area contributed by atoms with Crippen molar-refractivity contribution in [1.29, 1.82) is 0 Å². The lowest BCUT2D eigenvalue weighted by Gasteiger charge is -2.35. The van der Waals surface area contributed by atoms with Crippen LogP contribution in [-0.4, -0.2) is 52.9 Å². The third kappa shape index (κ3) is 3.23. The van der Waals surface area contributed by atoms with E-state index in [1.54, 1.807) is 40.1 Å². The first-order chi connectivity index (χ1) is 11.6. The topological polar surface area (TPSA) is 60.9 Å². The Morgan fingerprint density at radius 2 is 1.25 bits per heavy atom. The molecule has 0 spiro atoms. The summed E-state index contributed by atoms with van der Waals surface area (Å²) in [6.45, 7) is 1.79. The molecule has 1 aliphatic heterocycles. The number of phenolic OH excluding ortho intramolecular Hbond substituents is 1. The zero-order valence-corrected chi connectivity index (χ0v) is 13.9. The molecule has 0 saturated carbocycles. The Hall–Kier alpha value is -2.47. The number of nitrogens with zero attached hydrogens (tertiary/aromatic N) is 2. The van der Waals surface area contributed by atoms with Gasteiger partial charge in [0, 0.05) is 31.1 Å². The highest BCUT2D eigenvalue weighted by Gasteiger charge is 2.27. The Kier molecular flexibility index (Phi) is 4.76. The fourth-order valence-electron chi connectivity index (χ4n) is 2.76. The molecule has 1 fully saturated rings. The van der Waals surface area contributed by atoms with Crippen LogP contribution in [0.2, 0.25) is 0 Å². The number of aromatic hydroxyl groups is 1. The predicted molar refractivity (Wildman–Crippen MR) is 93.6 cm³/mol. The average Bonchev–Trinajstić information content (AvgIpc) is 2.61. The van der Waals surface area contributed by atoms with Crippen LogP contribution in [0.25, 0.3) is 0 Å². The van der Waals surface area contributed by atoms with Crippen molar-refractivity contribution < 1.29 is 14.7 Å². The van der Waals surface area contributed by atoms with Gasteiger partial charge in [-0.15, -0.1) is 12.6 Å². The van der Waals surface area contributed by atoms with Gasteiger partial charge in [0.15, 0.2) is 0 Å². The van der Waals surface area contributed by atoms with Crippen LogP contribution in [0.4, 0.5) is 0 Å². The monoisotopic (exact) mass is 342 g/mol. The largest absolute Gasteiger partial charge is 0.507 e. The van der Waals surface area contributed by atoms with Crippen LogP contribution in [0.5, 0.6) is 5.75 Å². The fourth-order valence-corrected chi connectivity index (χ4v) is 3.02. The van der Waals surface area contributed by atoms with Crippen molar-refractivity contribution in [3.05, 3.63) is 59.7 Å². The Balaban J connectivity index is 1.66. The van der Waals surface area contributed by atoms with Gasteiger partial charge in [-0.3, -0.25) is 9.59 Å². The number of para-hydroxylation sites is 1. The van der Waals surface area contributed by atoms with Gasteiger partial charge in [0.05, 0.1) is 11.1 Å². The van der Waals surface area contributed by atoms with Crippen LogP contribution in [0.3, 0.4) is 0 Å². The molecular weight excluding hydrogens is 324 g/mol. The molecule has 0 bridgehead atoms. The molecule has 0 aromatic heterocycles. The molecule has 3 rings (SSSR count). The van der Waals surface area contributed by atoms with Gasteiger partial charge in [0.1, 0.15) is 5.75 Å². The lowest BCUT2D eigenvalue weighted by molar-refractivity contribution is 0.0532. The first kappa shape index (κ1) is 16.4. The summed E-state index contributed by atoms with van der Waals surface area (Å²) in [6, 6.07) is 13.7. The van der Waals surface area contributed by atoms with E-state index in [9.17, 15) is 14.7 Å². The van der Waals surface area contributed by atoms with Gasteiger partial charge in [0.25, 0.3) is 11.8 Å². The maximum Gasteiger partial charge on any atom is 0.257 e. The quantitative estimate of drug-likeness (QED) is 0.823. The van der Waals surface area contributed by atoms with E-state index in [1.165, 1.54) is 6.07 Å². The number of thiol groups is 1. The van der Waals surface area contributed by atoms with E-state index >= 15 is 0 Å². The lowest BCUT2D eigenvalue weighted by atomic mass is 10.1. The molecule has 1 N–H and O–H groups in total. The summed E-state index contributed by atoms with van der Waals surface area (Å²) in [4.78, 5) is 29.1. The molecule has 6 heteroatoms. The zero-order valence-electron chi connectivity index (χ0n) is 13.1. The van der Waals surface area contributed by atoms with Crippen LogP contribution >= 0.6 is 12.6 Å². The molecule has 1 heterocycles. The van der Waals surface area contributed by atoms with Gasteiger partial charge in [-0.2, -0.15) is 0 Å². The third-order valence-electron chi connectivity index (χ3n) is 4.12. The molecule has 1 saturated heterocycles. The second kappa shape index (κ2) is 6.97. The van der Waals surface area contributed by atoms with Crippen molar-refractivity contribution in [3.63, 3.8) is 0 Å². The summed E-state index contributed by atoms with van der Waals surface area (Å²) < 4.78 is 0. The van der Waals surface area contributed by atoms with E-state index in [0.29, 0.717) is 36.6 Å². The summed E-state index contributed by atoms with van der Waals surface area (Å²) in [5.74, 6) is -0.310. The number of phenols is 1. The molecule has 2 aromatic carbocycles. The van der Waals surface area contributed by atoms with Crippen molar-refractivity contribution in [3.8, 4) is 5.75 Å². The minimum Gasteiger partial charge on any atom is -0.507 e. The summed E-state index contributed by atoms with van der Waals surface area (Å²) in [5.41, 5.74) is 0.860. The second-order valence-electron chi connectivity index (χ2n) is 5.62. The number of rotatable bonds is 2.